The van der Waals surface area contributed by atoms with Gasteiger partial charge in [0, 0.05) is 30.1 Å². The zero-order chi connectivity index (χ0) is 19.0. The molecule has 1 saturated heterocycles. The summed E-state index contributed by atoms with van der Waals surface area (Å²) in [5.41, 5.74) is 1.40. The van der Waals surface area contributed by atoms with Gasteiger partial charge in [0.2, 0.25) is 0 Å². The molecule has 1 aliphatic heterocycles. The van der Waals surface area contributed by atoms with Gasteiger partial charge < -0.3 is 4.98 Å². The monoisotopic (exact) mass is 397 g/mol. The largest absolute Gasteiger partial charge is 0.326 e. The van der Waals surface area contributed by atoms with Crippen LogP contribution in [0.3, 0.4) is 0 Å². The molecule has 7 heteroatoms. The second-order valence-corrected chi connectivity index (χ2v) is 8.50. The number of imidazole rings is 1. The molecule has 0 radical (unpaired) electrons. The Bertz CT molecular complexity index is 849. The van der Waals surface area contributed by atoms with Gasteiger partial charge in [0.15, 0.2) is 0 Å². The predicted octanol–water partition coefficient (Wildman–Crippen LogP) is 4.84. The smallest absolute Gasteiger partial charge is 0.305 e. The van der Waals surface area contributed by atoms with Crippen LogP contribution < -0.4 is 5.69 Å². The molecular weight excluding hydrogens is 372 g/mol. The van der Waals surface area contributed by atoms with Crippen LogP contribution in [0.25, 0.3) is 11.0 Å². The summed E-state index contributed by atoms with van der Waals surface area (Å²) in [7, 11) is 0. The number of nitrogens with one attached hydrogen (secondary N) is 1. The summed E-state index contributed by atoms with van der Waals surface area (Å²) in [5.74, 6) is -3.08. The highest BCUT2D eigenvalue weighted by molar-refractivity contribution is 6.31. The SMILES string of the molecule is O=c1[nH]c2cc(Cl)ccc2n1C1CCN(CC(F)(F)C2CCCCC2)CC1. The Labute approximate surface area is 162 Å². The van der Waals surface area contributed by atoms with Crippen molar-refractivity contribution >= 4 is 22.6 Å². The van der Waals surface area contributed by atoms with Crippen LogP contribution >= 0.6 is 11.6 Å². The van der Waals surface area contributed by atoms with Crippen molar-refractivity contribution in [3.8, 4) is 0 Å². The van der Waals surface area contributed by atoms with E-state index >= 15 is 0 Å². The quantitative estimate of drug-likeness (QED) is 0.802. The van der Waals surface area contributed by atoms with Crippen molar-refractivity contribution in [2.45, 2.75) is 56.9 Å². The van der Waals surface area contributed by atoms with Gasteiger partial charge in [-0.1, -0.05) is 30.9 Å². The molecule has 0 spiro atoms. The van der Waals surface area contributed by atoms with Gasteiger partial charge in [0.05, 0.1) is 17.6 Å². The minimum Gasteiger partial charge on any atom is -0.305 e. The maximum atomic E-state index is 14.7. The number of halogens is 3. The van der Waals surface area contributed by atoms with Crippen molar-refractivity contribution in [2.75, 3.05) is 19.6 Å². The van der Waals surface area contributed by atoms with E-state index in [-0.39, 0.29) is 18.3 Å². The lowest BCUT2D eigenvalue weighted by Crippen LogP contribution is -2.46. The lowest BCUT2D eigenvalue weighted by atomic mass is 9.84. The number of benzene rings is 1. The minimum atomic E-state index is -2.61. The number of hydrogen-bond acceptors (Lipinski definition) is 2. The molecule has 1 aromatic heterocycles. The first kappa shape index (κ1) is 18.9. The van der Waals surface area contributed by atoms with Crippen LogP contribution in [-0.4, -0.2) is 40.0 Å². The molecule has 0 amide bonds. The molecule has 4 nitrogen and oxygen atoms in total. The van der Waals surface area contributed by atoms with Gasteiger partial charge in [-0.05, 0) is 43.9 Å². The van der Waals surface area contributed by atoms with Crippen molar-refractivity contribution in [1.29, 1.82) is 0 Å². The van der Waals surface area contributed by atoms with Crippen LogP contribution in [0.5, 0.6) is 0 Å². The van der Waals surface area contributed by atoms with Crippen LogP contribution in [0.2, 0.25) is 5.02 Å². The second-order valence-electron chi connectivity index (χ2n) is 8.06. The molecule has 148 valence electrons. The standard InChI is InChI=1S/C20H26ClF2N3O/c21-15-6-7-18-17(12-15)24-19(27)26(18)16-8-10-25(11-9-16)13-20(22,23)14-4-2-1-3-5-14/h6-7,12,14,16H,1-5,8-11,13H2,(H,24,27). The topological polar surface area (TPSA) is 41.0 Å². The number of H-pyrrole nitrogens is 1. The fourth-order valence-electron chi connectivity index (χ4n) is 4.75. The van der Waals surface area contributed by atoms with Crippen molar-refractivity contribution < 1.29 is 8.78 Å². The van der Waals surface area contributed by atoms with Crippen LogP contribution in [-0.2, 0) is 0 Å². The molecule has 2 heterocycles. The number of fused-ring (bicyclic) bond motifs is 1. The first-order valence-corrected chi connectivity index (χ1v) is 10.3. The van der Waals surface area contributed by atoms with Gasteiger partial charge in [-0.25, -0.2) is 13.6 Å². The minimum absolute atomic E-state index is 0.0342. The van der Waals surface area contributed by atoms with E-state index in [4.69, 9.17) is 11.6 Å². The Hall–Kier alpha value is -1.40. The molecule has 0 bridgehead atoms. The first-order valence-electron chi connectivity index (χ1n) is 9.94. The Kier molecular flexibility index (Phi) is 5.30. The molecule has 1 aromatic carbocycles. The van der Waals surface area contributed by atoms with Crippen LogP contribution in [0, 0.1) is 5.92 Å². The van der Waals surface area contributed by atoms with E-state index in [2.05, 4.69) is 4.98 Å². The summed E-state index contributed by atoms with van der Waals surface area (Å²) in [5, 5.41) is 0.579. The second kappa shape index (κ2) is 7.55. The van der Waals surface area contributed by atoms with Gasteiger partial charge in [0.25, 0.3) is 5.92 Å². The zero-order valence-electron chi connectivity index (χ0n) is 15.4. The Balaban J connectivity index is 1.42. The molecule has 1 saturated carbocycles. The lowest BCUT2D eigenvalue weighted by Gasteiger charge is -2.37. The molecule has 1 N–H and O–H groups in total. The Morgan fingerprint density at radius 2 is 1.81 bits per heavy atom. The zero-order valence-corrected chi connectivity index (χ0v) is 16.2. The number of hydrogen-bond donors (Lipinski definition) is 1. The molecule has 4 rings (SSSR count). The van der Waals surface area contributed by atoms with E-state index < -0.39 is 11.8 Å². The number of aromatic nitrogens is 2. The van der Waals surface area contributed by atoms with Crippen molar-refractivity contribution in [3.05, 3.63) is 33.7 Å². The highest BCUT2D eigenvalue weighted by Gasteiger charge is 2.41. The van der Waals surface area contributed by atoms with Crippen LogP contribution in [0.4, 0.5) is 8.78 Å². The third-order valence-electron chi connectivity index (χ3n) is 6.24. The molecule has 0 atom stereocenters. The first-order chi connectivity index (χ1) is 12.9. The van der Waals surface area contributed by atoms with E-state index in [1.807, 2.05) is 11.0 Å². The highest BCUT2D eigenvalue weighted by atomic mass is 35.5. The molecule has 1 aliphatic carbocycles. The number of nitrogens with zero attached hydrogens (tertiary/aromatic N) is 2. The van der Waals surface area contributed by atoms with E-state index in [9.17, 15) is 13.6 Å². The summed E-state index contributed by atoms with van der Waals surface area (Å²) in [4.78, 5) is 17.1. The van der Waals surface area contributed by atoms with Crippen molar-refractivity contribution in [2.24, 2.45) is 5.92 Å². The van der Waals surface area contributed by atoms with E-state index in [1.165, 1.54) is 0 Å². The van der Waals surface area contributed by atoms with Crippen molar-refractivity contribution in [1.82, 2.24) is 14.5 Å². The predicted molar refractivity (Wildman–Crippen MR) is 104 cm³/mol. The molecule has 2 aromatic rings. The summed E-state index contributed by atoms with van der Waals surface area (Å²) in [6.07, 6.45) is 5.65. The number of alkyl halides is 2. The van der Waals surface area contributed by atoms with E-state index in [0.29, 0.717) is 43.8 Å². The molecule has 27 heavy (non-hydrogen) atoms. The van der Waals surface area contributed by atoms with Crippen LogP contribution in [0.1, 0.15) is 51.0 Å². The van der Waals surface area contributed by atoms with Gasteiger partial charge in [-0.15, -0.1) is 0 Å². The lowest BCUT2D eigenvalue weighted by molar-refractivity contribution is -0.0960. The normalized spacial score (nSPS) is 21.1. The number of likely N-dealkylation sites (tertiary alicyclic amines) is 1. The molecule has 2 aliphatic rings. The maximum absolute atomic E-state index is 14.7. The highest BCUT2D eigenvalue weighted by Crippen LogP contribution is 2.38. The fraction of sp³-hybridized carbons (Fsp3) is 0.650. The van der Waals surface area contributed by atoms with Gasteiger partial charge >= 0.3 is 5.69 Å². The summed E-state index contributed by atoms with van der Waals surface area (Å²) >= 11 is 6.00. The number of piperidine rings is 1. The van der Waals surface area contributed by atoms with Crippen LogP contribution in [0.15, 0.2) is 23.0 Å². The fourth-order valence-corrected chi connectivity index (χ4v) is 4.93. The summed E-state index contributed by atoms with van der Waals surface area (Å²) in [6, 6.07) is 5.40. The summed E-state index contributed by atoms with van der Waals surface area (Å²) < 4.78 is 31.1. The maximum Gasteiger partial charge on any atom is 0.326 e. The van der Waals surface area contributed by atoms with Gasteiger partial charge in [-0.3, -0.25) is 9.47 Å². The van der Waals surface area contributed by atoms with Gasteiger partial charge in [-0.2, -0.15) is 0 Å². The number of aromatic amines is 1. The third kappa shape index (κ3) is 3.92. The molecule has 2 fully saturated rings. The van der Waals surface area contributed by atoms with E-state index in [0.717, 1.165) is 30.3 Å². The van der Waals surface area contributed by atoms with Crippen molar-refractivity contribution in [3.63, 3.8) is 0 Å². The molecular formula is C20H26ClF2N3O. The van der Waals surface area contributed by atoms with E-state index in [1.54, 1.807) is 16.7 Å². The third-order valence-corrected chi connectivity index (χ3v) is 6.47. The summed E-state index contributed by atoms with van der Waals surface area (Å²) in [6.45, 7) is 1.04. The average Bonchev–Trinajstić information content (AvgIpc) is 2.98. The van der Waals surface area contributed by atoms with Gasteiger partial charge in [0.1, 0.15) is 0 Å². The number of rotatable bonds is 4. The Morgan fingerprint density at radius 1 is 1.11 bits per heavy atom. The molecule has 0 unspecified atom stereocenters. The average molecular weight is 398 g/mol. The Morgan fingerprint density at radius 3 is 2.52 bits per heavy atom.